The highest BCUT2D eigenvalue weighted by atomic mass is 16.3. The number of fused-ring (bicyclic) bond motifs is 7. The van der Waals surface area contributed by atoms with Gasteiger partial charge in [-0.1, -0.05) is 188 Å². The molecule has 0 amide bonds. The van der Waals surface area contributed by atoms with E-state index in [-0.39, 0.29) is 0 Å². The Bertz CT molecular complexity index is 3120. The first-order valence-electron chi connectivity index (χ1n) is 20.8. The maximum absolute atomic E-state index is 5.91. The fourth-order valence-electron chi connectivity index (χ4n) is 10.8. The number of furan rings is 1. The largest absolute Gasteiger partial charge is 0.464 e. The van der Waals surface area contributed by atoms with Gasteiger partial charge in [-0.15, -0.1) is 0 Å². The second kappa shape index (κ2) is 13.4. The minimum absolute atomic E-state index is 0.528. The van der Waals surface area contributed by atoms with Crippen molar-refractivity contribution in [1.82, 2.24) is 0 Å². The Labute approximate surface area is 350 Å². The summed E-state index contributed by atoms with van der Waals surface area (Å²) in [6.45, 7) is 0. The first-order valence-corrected chi connectivity index (χ1v) is 20.8. The normalized spacial score (nSPS) is 13.9. The van der Waals surface area contributed by atoms with Gasteiger partial charge in [-0.2, -0.15) is 0 Å². The summed E-state index contributed by atoms with van der Waals surface area (Å²) >= 11 is 0. The molecule has 0 unspecified atom stereocenters. The first-order chi connectivity index (χ1) is 29.8. The van der Waals surface area contributed by atoms with Crippen molar-refractivity contribution >= 4 is 28.0 Å². The molecule has 0 N–H and O–H groups in total. The van der Waals surface area contributed by atoms with Crippen LogP contribution in [0.25, 0.3) is 33.2 Å². The summed E-state index contributed by atoms with van der Waals surface area (Å²) in [5.41, 5.74) is 18.2. The highest BCUT2D eigenvalue weighted by molar-refractivity contribution is 5.99. The highest BCUT2D eigenvalue weighted by Gasteiger charge is 2.49. The maximum atomic E-state index is 5.91. The van der Waals surface area contributed by atoms with Crippen LogP contribution in [0.2, 0.25) is 0 Å². The molecule has 10 aromatic rings. The zero-order valence-electron chi connectivity index (χ0n) is 32.9. The minimum Gasteiger partial charge on any atom is -0.464 e. The predicted octanol–water partition coefficient (Wildman–Crippen LogP) is 14.6. The molecule has 0 spiro atoms. The Hall–Kier alpha value is -7.68. The van der Waals surface area contributed by atoms with Gasteiger partial charge in [0.15, 0.2) is 0 Å². The van der Waals surface area contributed by atoms with Crippen LogP contribution in [0.15, 0.2) is 241 Å². The molecule has 0 radical (unpaired) electrons. The molecule has 2 heteroatoms. The van der Waals surface area contributed by atoms with Gasteiger partial charge in [-0.25, -0.2) is 0 Å². The molecule has 60 heavy (non-hydrogen) atoms. The lowest BCUT2D eigenvalue weighted by molar-refractivity contribution is 0.616. The molecule has 1 heterocycles. The minimum atomic E-state index is -0.536. The van der Waals surface area contributed by atoms with Gasteiger partial charge in [0.2, 0.25) is 0 Å². The Morgan fingerprint density at radius 2 is 0.800 bits per heavy atom. The third-order valence-electron chi connectivity index (χ3n) is 13.1. The highest BCUT2D eigenvalue weighted by Crippen LogP contribution is 2.61. The lowest BCUT2D eigenvalue weighted by Gasteiger charge is -2.35. The molecular formula is C58H39NO. The summed E-state index contributed by atoms with van der Waals surface area (Å²) in [5.74, 6) is 0. The van der Waals surface area contributed by atoms with E-state index >= 15 is 0 Å². The van der Waals surface area contributed by atoms with Crippen molar-refractivity contribution in [1.29, 1.82) is 0 Å². The zero-order chi connectivity index (χ0) is 39.7. The van der Waals surface area contributed by atoms with Crippen LogP contribution >= 0.6 is 0 Å². The number of hydrogen-bond donors (Lipinski definition) is 0. The van der Waals surface area contributed by atoms with E-state index in [2.05, 4.69) is 235 Å². The van der Waals surface area contributed by atoms with Crippen molar-refractivity contribution in [3.8, 4) is 22.3 Å². The zero-order valence-corrected chi connectivity index (χ0v) is 32.9. The Kier molecular flexibility index (Phi) is 7.70. The smallest absolute Gasteiger partial charge is 0.133 e. The second-order valence-electron chi connectivity index (χ2n) is 16.0. The van der Waals surface area contributed by atoms with Crippen molar-refractivity contribution in [2.45, 2.75) is 10.8 Å². The van der Waals surface area contributed by atoms with Crippen molar-refractivity contribution in [2.24, 2.45) is 0 Å². The lowest BCUT2D eigenvalue weighted by atomic mass is 9.67. The van der Waals surface area contributed by atoms with Gasteiger partial charge in [0.1, 0.15) is 5.58 Å². The van der Waals surface area contributed by atoms with E-state index in [1.165, 1.54) is 66.8 Å². The van der Waals surface area contributed by atoms with Crippen LogP contribution in [0.1, 0.15) is 44.5 Å². The molecule has 1 aromatic heterocycles. The number of benzene rings is 9. The molecule has 0 atom stereocenters. The van der Waals surface area contributed by atoms with E-state index in [9.17, 15) is 0 Å². The van der Waals surface area contributed by atoms with E-state index in [0.717, 1.165) is 28.0 Å². The molecule has 0 bridgehead atoms. The first kappa shape index (κ1) is 34.4. The third-order valence-corrected chi connectivity index (χ3v) is 13.1. The second-order valence-corrected chi connectivity index (χ2v) is 16.0. The number of hydrogen-bond acceptors (Lipinski definition) is 2. The molecule has 0 aliphatic heterocycles. The summed E-state index contributed by atoms with van der Waals surface area (Å²) in [6, 6.07) is 84.9. The van der Waals surface area contributed by atoms with Crippen LogP contribution in [0.4, 0.5) is 17.1 Å². The molecule has 2 nitrogen and oxygen atoms in total. The van der Waals surface area contributed by atoms with Gasteiger partial charge in [0.25, 0.3) is 0 Å². The van der Waals surface area contributed by atoms with Crippen molar-refractivity contribution in [3.63, 3.8) is 0 Å². The van der Waals surface area contributed by atoms with Gasteiger partial charge in [0, 0.05) is 22.3 Å². The van der Waals surface area contributed by atoms with Crippen LogP contribution in [-0.4, -0.2) is 0 Å². The quantitative estimate of drug-likeness (QED) is 0.161. The molecule has 12 rings (SSSR count). The molecule has 0 saturated heterocycles. The summed E-state index contributed by atoms with van der Waals surface area (Å²) in [7, 11) is 0. The summed E-state index contributed by atoms with van der Waals surface area (Å²) in [5, 5.41) is 1.06. The van der Waals surface area contributed by atoms with Gasteiger partial charge in [0.05, 0.1) is 22.8 Å². The summed E-state index contributed by atoms with van der Waals surface area (Å²) in [4.78, 5) is 2.48. The molecular weight excluding hydrogens is 727 g/mol. The fourth-order valence-corrected chi connectivity index (χ4v) is 10.8. The van der Waals surface area contributed by atoms with E-state index in [0.29, 0.717) is 0 Å². The molecule has 0 saturated carbocycles. The summed E-state index contributed by atoms with van der Waals surface area (Å²) < 4.78 is 5.91. The topological polar surface area (TPSA) is 16.4 Å². The van der Waals surface area contributed by atoms with E-state index in [4.69, 9.17) is 4.42 Å². The summed E-state index contributed by atoms with van der Waals surface area (Å²) in [6.07, 6.45) is 1.78. The van der Waals surface area contributed by atoms with Crippen LogP contribution < -0.4 is 4.90 Å². The molecule has 0 fully saturated rings. The van der Waals surface area contributed by atoms with Crippen LogP contribution in [-0.2, 0) is 10.8 Å². The molecule has 282 valence electrons. The Balaban J connectivity index is 1.18. The van der Waals surface area contributed by atoms with Crippen LogP contribution in [0, 0.1) is 0 Å². The van der Waals surface area contributed by atoms with E-state index in [1.807, 2.05) is 0 Å². The van der Waals surface area contributed by atoms with E-state index < -0.39 is 10.8 Å². The van der Waals surface area contributed by atoms with Crippen LogP contribution in [0.3, 0.4) is 0 Å². The average molecular weight is 766 g/mol. The van der Waals surface area contributed by atoms with E-state index in [1.54, 1.807) is 6.26 Å². The molecule has 2 aliphatic carbocycles. The number of rotatable bonds is 7. The van der Waals surface area contributed by atoms with Gasteiger partial charge in [-0.3, -0.25) is 0 Å². The van der Waals surface area contributed by atoms with Crippen molar-refractivity contribution < 1.29 is 4.42 Å². The Morgan fingerprint density at radius 1 is 0.333 bits per heavy atom. The number of anilines is 3. The van der Waals surface area contributed by atoms with Gasteiger partial charge < -0.3 is 9.32 Å². The Morgan fingerprint density at radius 3 is 1.42 bits per heavy atom. The SMILES string of the molecule is c1ccc(C2(c3ccccc3)c3ccccc3-c3ccc(N(c4ccc5occc5c4)c4cccc5c4-c4ccccc4C5(c4ccccc4)c4ccccc4)cc32)cc1. The monoisotopic (exact) mass is 765 g/mol. The van der Waals surface area contributed by atoms with Gasteiger partial charge in [-0.05, 0) is 104 Å². The third kappa shape index (κ3) is 4.76. The standard InChI is InChI=1S/C58H39NO/c1-5-18-41(19-6-1)57(42-20-7-2-8-21-42)51-29-16-14-27-49(51)56-52(57)30-17-31-54(56)59(45-33-35-55-40(38-45)36-37-60-55)46-32-34-48-47-26-13-15-28-50(47)58(53(48)39-46,43-22-9-3-10-23-43)44-24-11-4-12-25-44/h1-39H. The molecule has 9 aromatic carbocycles. The average Bonchev–Trinajstić information content (AvgIpc) is 4.01. The molecule has 2 aliphatic rings. The fraction of sp³-hybridized carbons (Fsp3) is 0.0345. The number of nitrogens with zero attached hydrogens (tertiary/aromatic N) is 1. The van der Waals surface area contributed by atoms with Crippen molar-refractivity contribution in [2.75, 3.05) is 4.90 Å². The maximum Gasteiger partial charge on any atom is 0.133 e. The van der Waals surface area contributed by atoms with Crippen LogP contribution in [0.5, 0.6) is 0 Å². The van der Waals surface area contributed by atoms with Crippen molar-refractivity contribution in [3.05, 3.63) is 281 Å². The predicted molar refractivity (Wildman–Crippen MR) is 246 cm³/mol. The lowest BCUT2D eigenvalue weighted by Crippen LogP contribution is -2.29. The van der Waals surface area contributed by atoms with Gasteiger partial charge >= 0.3 is 0 Å².